The van der Waals surface area contributed by atoms with Crippen LogP contribution in [0.2, 0.25) is 0 Å². The molecule has 0 saturated carbocycles. The van der Waals surface area contributed by atoms with Gasteiger partial charge in [-0.3, -0.25) is 0 Å². The van der Waals surface area contributed by atoms with Gasteiger partial charge in [0.25, 0.3) is 0 Å². The first kappa shape index (κ1) is 9.14. The van der Waals surface area contributed by atoms with Gasteiger partial charge < -0.3 is 0 Å². The van der Waals surface area contributed by atoms with E-state index in [1.165, 1.54) is 0 Å². The molecule has 0 unspecified atom stereocenters. The van der Waals surface area contributed by atoms with Gasteiger partial charge in [-0.15, -0.1) is 6.42 Å². The largest absolute Gasteiger partial charge is 0.103 e. The molecule has 0 aliphatic heterocycles. The summed E-state index contributed by atoms with van der Waals surface area (Å²) in [6.07, 6.45) is 4.36. The SMILES string of the molecule is C.C#CCl.[2HH]. The number of hydrogen-bond acceptors (Lipinski definition) is 0. The van der Waals surface area contributed by atoms with Crippen molar-refractivity contribution in [2.45, 2.75) is 7.43 Å². The first-order chi connectivity index (χ1) is 1.41. The van der Waals surface area contributed by atoms with Crippen LogP contribution in [0.25, 0.3) is 0 Å². The number of terminal acetylenes is 1. The molecule has 0 amide bonds. The van der Waals surface area contributed by atoms with E-state index >= 15 is 0 Å². The molecule has 26 valence electrons. The monoisotopic (exact) mass is 79.0 g/mol. The van der Waals surface area contributed by atoms with Crippen LogP contribution >= 0.6 is 11.6 Å². The van der Waals surface area contributed by atoms with E-state index in [1.807, 2.05) is 0 Å². The molecule has 1 heteroatoms. The Labute approximate surface area is 33.3 Å². The Balaban J connectivity index is -0.0000000200. The zero-order chi connectivity index (χ0) is 2.71. The van der Waals surface area contributed by atoms with Crippen LogP contribution < -0.4 is 0 Å². The highest BCUT2D eigenvalue weighted by Gasteiger charge is 1.13. The molecule has 0 radical (unpaired) electrons. The zero-order valence-electron chi connectivity index (χ0n) is 1.46. The molecule has 0 heterocycles. The third-order valence-corrected chi connectivity index (χ3v) is 0. The van der Waals surface area contributed by atoms with E-state index in [2.05, 4.69) is 18.0 Å². The van der Waals surface area contributed by atoms with Gasteiger partial charge in [-0.2, -0.15) is 0 Å². The second kappa shape index (κ2) is 13.5. The highest BCUT2D eigenvalue weighted by atomic mass is 35.5. The van der Waals surface area contributed by atoms with Crippen molar-refractivity contribution in [1.82, 2.24) is 0 Å². The van der Waals surface area contributed by atoms with Crippen molar-refractivity contribution in [2.75, 3.05) is 0 Å². The summed E-state index contributed by atoms with van der Waals surface area (Å²) in [6, 6.07) is 0. The second-order valence-corrected chi connectivity index (χ2v) is 0.327. The van der Waals surface area contributed by atoms with Gasteiger partial charge in [-0.1, -0.05) is 7.43 Å². The van der Waals surface area contributed by atoms with Crippen molar-refractivity contribution in [1.29, 1.82) is 0 Å². The highest BCUT2D eigenvalue weighted by molar-refractivity contribution is 6.29. The lowest BCUT2D eigenvalue weighted by Crippen LogP contribution is -0.954. The molecule has 4 heavy (non-hydrogen) atoms. The maximum absolute atomic E-state index is 4.53. The Morgan fingerprint density at radius 1 is 2.00 bits per heavy atom. The Hall–Kier alpha value is -0.150. The normalized spacial score (nSPS) is 2.00. The lowest BCUT2D eigenvalue weighted by molar-refractivity contribution is 2.50. The smallest absolute Gasteiger partial charge is 0.000627 e. The van der Waals surface area contributed by atoms with E-state index in [0.29, 0.717) is 0 Å². The number of halogens is 1. The van der Waals surface area contributed by atoms with Gasteiger partial charge >= 0.3 is 0 Å². The summed E-state index contributed by atoms with van der Waals surface area (Å²) in [5.74, 6) is 0. The van der Waals surface area contributed by atoms with Crippen molar-refractivity contribution >= 4 is 11.6 Å². The molecular weight excluding hydrogens is 71.5 g/mol. The first-order valence-electron chi connectivity index (χ1n) is 0.478. The van der Waals surface area contributed by atoms with Gasteiger partial charge in [0.2, 0.25) is 0 Å². The standard InChI is InChI=1S/C2HCl.CH4.H2/c1-2-3;;/h1H;1H4;1H/i;;1+1. The van der Waals surface area contributed by atoms with E-state index < -0.39 is 0 Å². The van der Waals surface area contributed by atoms with Crippen LogP contribution in [0.4, 0.5) is 0 Å². The summed E-state index contributed by atoms with van der Waals surface area (Å²) in [7, 11) is 0. The van der Waals surface area contributed by atoms with Gasteiger partial charge in [0, 0.05) is 6.81 Å². The first-order valence-corrected chi connectivity index (χ1v) is 0.856. The summed E-state index contributed by atoms with van der Waals surface area (Å²) in [5.41, 5.74) is 0. The average molecular weight is 79.5 g/mol. The zero-order valence-corrected chi connectivity index (χ0v) is 2.21. The Kier molecular flexibility index (Phi) is 30.8. The predicted octanol–water partition coefficient (Wildman–Crippen LogP) is 1.70. The minimum absolute atomic E-state index is 0. The highest BCUT2D eigenvalue weighted by Crippen LogP contribution is 1.48. The van der Waals surface area contributed by atoms with Gasteiger partial charge in [0.15, 0.2) is 0 Å². The maximum atomic E-state index is 4.53. The second-order valence-electron chi connectivity index (χ2n) is 0.109. The van der Waals surface area contributed by atoms with Gasteiger partial charge in [0.1, 0.15) is 0 Å². The van der Waals surface area contributed by atoms with Crippen LogP contribution in [0, 0.1) is 11.8 Å². The Bertz CT molecular complexity index is 28.4. The molecule has 0 N–H and O–H groups in total. The maximum Gasteiger partial charge on any atom is 0.000627 e. The summed E-state index contributed by atoms with van der Waals surface area (Å²) in [6.45, 7) is 0. The van der Waals surface area contributed by atoms with Gasteiger partial charge in [-0.25, -0.2) is 0 Å². The number of hydrogen-bond donors (Lipinski definition) is 0. The molecule has 0 aliphatic carbocycles. The molecule has 0 saturated heterocycles. The molecule has 0 spiro atoms. The fourth-order valence-electron chi connectivity index (χ4n) is 0. The van der Waals surface area contributed by atoms with Crippen LogP contribution in [0.3, 0.4) is 0 Å². The third-order valence-electron chi connectivity index (χ3n) is 0. The van der Waals surface area contributed by atoms with Crippen molar-refractivity contribution in [3.63, 3.8) is 0 Å². The molecular formula is C3H7Cl. The van der Waals surface area contributed by atoms with Crippen molar-refractivity contribution in [2.24, 2.45) is 0 Å². The fraction of sp³-hybridized carbons (Fsp3) is 0.333. The van der Waals surface area contributed by atoms with Crippen molar-refractivity contribution in [3.8, 4) is 11.8 Å². The minimum Gasteiger partial charge on any atom is -0.103 e. The minimum atomic E-state index is 0. The lowest BCUT2D eigenvalue weighted by atomic mass is 11.4. The summed E-state index contributed by atoms with van der Waals surface area (Å²) in [5, 5.41) is 1.72. The van der Waals surface area contributed by atoms with E-state index in [0.717, 1.165) is 0 Å². The van der Waals surface area contributed by atoms with Gasteiger partial charge in [-0.05, 0) is 11.6 Å². The predicted molar refractivity (Wildman–Crippen MR) is 23.5 cm³/mol. The van der Waals surface area contributed by atoms with E-state index in [1.54, 1.807) is 5.38 Å². The topological polar surface area (TPSA) is 0 Å². The van der Waals surface area contributed by atoms with Gasteiger partial charge in [0.05, 0.1) is 0 Å². The van der Waals surface area contributed by atoms with Crippen LogP contribution in [0.1, 0.15) is 8.85 Å². The molecule has 0 fully saturated rings. The molecule has 0 aromatic carbocycles. The molecule has 0 bridgehead atoms. The van der Waals surface area contributed by atoms with E-state index in [4.69, 9.17) is 0 Å². The quantitative estimate of drug-likeness (QED) is 0.388. The van der Waals surface area contributed by atoms with Crippen LogP contribution in [-0.2, 0) is 0 Å². The molecule has 0 aromatic heterocycles. The van der Waals surface area contributed by atoms with E-state index in [-0.39, 0.29) is 8.85 Å². The fourth-order valence-corrected chi connectivity index (χ4v) is 0. The molecule has 0 aromatic rings. The molecule has 0 rings (SSSR count). The molecule has 0 atom stereocenters. The Morgan fingerprint density at radius 2 is 2.00 bits per heavy atom. The summed E-state index contributed by atoms with van der Waals surface area (Å²) in [4.78, 5) is 0. The van der Waals surface area contributed by atoms with Crippen LogP contribution in [-0.4, -0.2) is 0 Å². The van der Waals surface area contributed by atoms with Crippen molar-refractivity contribution < 1.29 is 1.43 Å². The van der Waals surface area contributed by atoms with Crippen molar-refractivity contribution in [3.05, 3.63) is 0 Å². The van der Waals surface area contributed by atoms with E-state index in [9.17, 15) is 0 Å². The summed E-state index contributed by atoms with van der Waals surface area (Å²) < 4.78 is 0. The Morgan fingerprint density at radius 3 is 2.00 bits per heavy atom. The lowest BCUT2D eigenvalue weighted by Gasteiger charge is -1.18. The van der Waals surface area contributed by atoms with Crippen LogP contribution in [0.15, 0.2) is 0 Å². The average Bonchev–Trinajstić information content (AvgIpc) is 0.918. The molecule has 0 aliphatic rings. The number of rotatable bonds is 0. The van der Waals surface area contributed by atoms with Crippen LogP contribution in [0.5, 0.6) is 0 Å². The molecule has 0 nitrogen and oxygen atoms in total. The third kappa shape index (κ3) is 59.4. The summed E-state index contributed by atoms with van der Waals surface area (Å²) >= 11 is 4.53.